The number of hydrogen-bond acceptors (Lipinski definition) is 6. The topological polar surface area (TPSA) is 75.4 Å². The van der Waals surface area contributed by atoms with Crippen LogP contribution in [0.25, 0.3) is 0 Å². The van der Waals surface area contributed by atoms with Crippen molar-refractivity contribution in [2.24, 2.45) is 0 Å². The van der Waals surface area contributed by atoms with E-state index in [-0.39, 0.29) is 5.91 Å². The number of carbonyl (C=O) groups excluding carboxylic acids is 1. The van der Waals surface area contributed by atoms with Crippen LogP contribution in [0.5, 0.6) is 0 Å². The number of aromatic nitrogens is 3. The third kappa shape index (κ3) is 2.34. The summed E-state index contributed by atoms with van der Waals surface area (Å²) in [5.41, 5.74) is 0.536. The summed E-state index contributed by atoms with van der Waals surface area (Å²) in [4.78, 5) is 24.6. The molecule has 0 aromatic carbocycles. The minimum atomic E-state index is -0.0302. The third-order valence-electron chi connectivity index (χ3n) is 3.38. The van der Waals surface area contributed by atoms with Crippen LogP contribution in [0.1, 0.15) is 16.1 Å². The van der Waals surface area contributed by atoms with E-state index in [1.807, 2.05) is 0 Å². The molecule has 3 rings (SSSR count). The number of carbonyl (C=O) groups is 1. The first kappa shape index (κ1) is 12.6. The van der Waals surface area contributed by atoms with Gasteiger partial charge in [0, 0.05) is 38.6 Å². The number of piperazine rings is 1. The first-order valence-electron chi connectivity index (χ1n) is 6.48. The van der Waals surface area contributed by atoms with E-state index in [0.29, 0.717) is 30.4 Å². The van der Waals surface area contributed by atoms with E-state index in [9.17, 15) is 4.79 Å². The van der Waals surface area contributed by atoms with Gasteiger partial charge in [0.1, 0.15) is 11.3 Å². The standard InChI is InChI=1S/C13H15N5O2/c1-10-11(9-16-20-10)12(19)17-5-7-18(8-6-17)13-14-3-2-4-15-13/h2-4,9H,5-8H2,1H3. The SMILES string of the molecule is Cc1oncc1C(=O)N1CCN(c2ncccn2)CC1. The minimum absolute atomic E-state index is 0.0302. The van der Waals surface area contributed by atoms with Gasteiger partial charge in [0.2, 0.25) is 5.95 Å². The van der Waals surface area contributed by atoms with E-state index in [4.69, 9.17) is 4.52 Å². The molecule has 1 fully saturated rings. The summed E-state index contributed by atoms with van der Waals surface area (Å²) in [6.07, 6.45) is 4.92. The second-order valence-electron chi connectivity index (χ2n) is 4.62. The summed E-state index contributed by atoms with van der Waals surface area (Å²) in [5, 5.41) is 3.65. The van der Waals surface area contributed by atoms with Crippen molar-refractivity contribution in [2.75, 3.05) is 31.1 Å². The Labute approximate surface area is 116 Å². The highest BCUT2D eigenvalue weighted by molar-refractivity contribution is 5.94. The highest BCUT2D eigenvalue weighted by Gasteiger charge is 2.25. The van der Waals surface area contributed by atoms with Gasteiger partial charge in [0.25, 0.3) is 5.91 Å². The lowest BCUT2D eigenvalue weighted by Crippen LogP contribution is -2.49. The van der Waals surface area contributed by atoms with Crippen LogP contribution in [0.2, 0.25) is 0 Å². The maximum Gasteiger partial charge on any atom is 0.259 e. The monoisotopic (exact) mass is 273 g/mol. The van der Waals surface area contributed by atoms with Crippen LogP contribution in [0.3, 0.4) is 0 Å². The van der Waals surface area contributed by atoms with Crippen LogP contribution in [-0.2, 0) is 0 Å². The molecule has 104 valence electrons. The Morgan fingerprint density at radius 3 is 2.50 bits per heavy atom. The predicted molar refractivity (Wildman–Crippen MR) is 71.4 cm³/mol. The van der Waals surface area contributed by atoms with Gasteiger partial charge in [-0.2, -0.15) is 0 Å². The largest absolute Gasteiger partial charge is 0.361 e. The lowest BCUT2D eigenvalue weighted by atomic mass is 10.2. The van der Waals surface area contributed by atoms with Crippen molar-refractivity contribution in [1.29, 1.82) is 0 Å². The van der Waals surface area contributed by atoms with Crippen LogP contribution in [0, 0.1) is 6.92 Å². The van der Waals surface area contributed by atoms with Gasteiger partial charge < -0.3 is 14.3 Å². The molecule has 0 radical (unpaired) electrons. The normalized spacial score (nSPS) is 15.4. The summed E-state index contributed by atoms with van der Waals surface area (Å²) in [6, 6.07) is 1.79. The minimum Gasteiger partial charge on any atom is -0.361 e. The van der Waals surface area contributed by atoms with Crippen molar-refractivity contribution in [1.82, 2.24) is 20.0 Å². The highest BCUT2D eigenvalue weighted by atomic mass is 16.5. The van der Waals surface area contributed by atoms with Crippen molar-refractivity contribution >= 4 is 11.9 Å². The molecule has 0 spiro atoms. The lowest BCUT2D eigenvalue weighted by Gasteiger charge is -2.34. The Kier molecular flexibility index (Phi) is 3.32. The molecule has 1 saturated heterocycles. The van der Waals surface area contributed by atoms with Gasteiger partial charge in [-0.1, -0.05) is 5.16 Å². The van der Waals surface area contributed by atoms with E-state index in [2.05, 4.69) is 20.0 Å². The van der Waals surface area contributed by atoms with Gasteiger partial charge in [-0.3, -0.25) is 4.79 Å². The van der Waals surface area contributed by atoms with Gasteiger partial charge >= 0.3 is 0 Å². The van der Waals surface area contributed by atoms with Crippen molar-refractivity contribution in [3.63, 3.8) is 0 Å². The fourth-order valence-corrected chi connectivity index (χ4v) is 2.24. The fourth-order valence-electron chi connectivity index (χ4n) is 2.24. The molecule has 0 aliphatic carbocycles. The predicted octanol–water partition coefficient (Wildman–Crippen LogP) is 0.735. The summed E-state index contributed by atoms with van der Waals surface area (Å²) >= 11 is 0. The Balaban J connectivity index is 1.64. The quantitative estimate of drug-likeness (QED) is 0.803. The van der Waals surface area contributed by atoms with Gasteiger partial charge in [0.05, 0.1) is 6.20 Å². The Hall–Kier alpha value is -2.44. The van der Waals surface area contributed by atoms with Crippen LogP contribution in [0.15, 0.2) is 29.2 Å². The Morgan fingerprint density at radius 1 is 1.20 bits per heavy atom. The van der Waals surface area contributed by atoms with E-state index >= 15 is 0 Å². The molecule has 1 amide bonds. The molecule has 2 aromatic rings. The molecule has 1 aliphatic heterocycles. The number of nitrogens with zero attached hydrogens (tertiary/aromatic N) is 5. The van der Waals surface area contributed by atoms with Crippen molar-refractivity contribution < 1.29 is 9.32 Å². The van der Waals surface area contributed by atoms with Gasteiger partial charge in [0.15, 0.2) is 0 Å². The summed E-state index contributed by atoms with van der Waals surface area (Å²) < 4.78 is 4.94. The average molecular weight is 273 g/mol. The molecule has 7 heteroatoms. The van der Waals surface area contributed by atoms with Crippen molar-refractivity contribution in [3.8, 4) is 0 Å². The first-order valence-corrected chi connectivity index (χ1v) is 6.48. The fraction of sp³-hybridized carbons (Fsp3) is 0.385. The number of aryl methyl sites for hydroxylation is 1. The van der Waals surface area contributed by atoms with E-state index in [0.717, 1.165) is 13.1 Å². The Morgan fingerprint density at radius 2 is 1.90 bits per heavy atom. The molecule has 0 N–H and O–H groups in total. The molecule has 7 nitrogen and oxygen atoms in total. The number of anilines is 1. The molecule has 0 atom stereocenters. The Bertz CT molecular complexity index is 590. The molecule has 2 aromatic heterocycles. The van der Waals surface area contributed by atoms with Crippen LogP contribution in [-0.4, -0.2) is 52.1 Å². The zero-order valence-electron chi connectivity index (χ0n) is 11.2. The van der Waals surface area contributed by atoms with Crippen LogP contribution in [0.4, 0.5) is 5.95 Å². The van der Waals surface area contributed by atoms with Gasteiger partial charge in [-0.25, -0.2) is 9.97 Å². The zero-order chi connectivity index (χ0) is 13.9. The molecule has 20 heavy (non-hydrogen) atoms. The molecular weight excluding hydrogens is 258 g/mol. The van der Waals surface area contributed by atoms with E-state index in [1.54, 1.807) is 30.3 Å². The molecule has 0 saturated carbocycles. The molecule has 1 aliphatic rings. The summed E-state index contributed by atoms with van der Waals surface area (Å²) in [5.74, 6) is 1.24. The molecular formula is C13H15N5O2. The summed E-state index contributed by atoms with van der Waals surface area (Å²) in [7, 11) is 0. The number of rotatable bonds is 2. The second kappa shape index (κ2) is 5.28. The highest BCUT2D eigenvalue weighted by Crippen LogP contribution is 2.14. The average Bonchev–Trinajstić information content (AvgIpc) is 2.94. The molecule has 3 heterocycles. The maximum atomic E-state index is 12.3. The second-order valence-corrected chi connectivity index (χ2v) is 4.62. The van der Waals surface area contributed by atoms with Crippen LogP contribution >= 0.6 is 0 Å². The molecule has 0 unspecified atom stereocenters. The molecule has 0 bridgehead atoms. The smallest absolute Gasteiger partial charge is 0.259 e. The van der Waals surface area contributed by atoms with E-state index < -0.39 is 0 Å². The summed E-state index contributed by atoms with van der Waals surface area (Å²) in [6.45, 7) is 4.47. The first-order chi connectivity index (χ1) is 9.75. The van der Waals surface area contributed by atoms with Crippen molar-refractivity contribution in [3.05, 3.63) is 36.0 Å². The van der Waals surface area contributed by atoms with Crippen LogP contribution < -0.4 is 4.90 Å². The third-order valence-corrected chi connectivity index (χ3v) is 3.38. The zero-order valence-corrected chi connectivity index (χ0v) is 11.2. The maximum absolute atomic E-state index is 12.3. The number of amides is 1. The van der Waals surface area contributed by atoms with Crippen molar-refractivity contribution in [2.45, 2.75) is 6.92 Å². The van der Waals surface area contributed by atoms with Gasteiger partial charge in [-0.05, 0) is 13.0 Å². The lowest BCUT2D eigenvalue weighted by molar-refractivity contribution is 0.0744. The number of hydrogen-bond donors (Lipinski definition) is 0. The van der Waals surface area contributed by atoms with E-state index in [1.165, 1.54) is 6.20 Å². The van der Waals surface area contributed by atoms with Gasteiger partial charge in [-0.15, -0.1) is 0 Å².